The van der Waals surface area contributed by atoms with Gasteiger partial charge in [-0.3, -0.25) is 4.79 Å². The average Bonchev–Trinajstić information content (AvgIpc) is 2.28. The van der Waals surface area contributed by atoms with Crippen LogP contribution in [0.3, 0.4) is 0 Å². The number of nitrogen functional groups attached to an aromatic ring is 1. The lowest BCUT2D eigenvalue weighted by Gasteiger charge is -2.09. The molecule has 0 saturated carbocycles. The number of hydrogen-bond acceptors (Lipinski definition) is 5. The van der Waals surface area contributed by atoms with Gasteiger partial charge >= 0.3 is 0 Å². The highest BCUT2D eigenvalue weighted by Gasteiger charge is 2.17. The van der Waals surface area contributed by atoms with Gasteiger partial charge in [0.2, 0.25) is 5.91 Å². The molecule has 0 spiro atoms. The monoisotopic (exact) mass is 258 g/mol. The zero-order valence-corrected chi connectivity index (χ0v) is 10.4. The highest BCUT2D eigenvalue weighted by Crippen LogP contribution is 2.24. The third-order valence-corrected chi connectivity index (χ3v) is 3.46. The third kappa shape index (κ3) is 3.10. The molecule has 0 aliphatic heterocycles. The normalized spacial score (nSPS) is 10.9. The molecule has 0 bridgehead atoms. The lowest BCUT2D eigenvalue weighted by molar-refractivity contribution is -0.119. The Labute approximate surface area is 99.8 Å². The molecule has 3 N–H and O–H groups in total. The Hall–Kier alpha value is -1.76. The molecule has 0 unspecified atom stereocenters. The number of amides is 1. The maximum absolute atomic E-state index is 11.8. The molecule has 0 aliphatic rings. The van der Waals surface area contributed by atoms with Gasteiger partial charge in [-0.15, -0.1) is 0 Å². The molecule has 0 aliphatic carbocycles. The maximum atomic E-state index is 11.8. The Morgan fingerprint density at radius 1 is 1.47 bits per heavy atom. The van der Waals surface area contributed by atoms with E-state index in [2.05, 4.69) is 0 Å². The second-order valence-electron chi connectivity index (χ2n) is 3.29. The summed E-state index contributed by atoms with van der Waals surface area (Å²) in [5, 5.41) is 0. The number of carbonyl (C=O) groups excluding carboxylic acids is 1. The molecule has 0 saturated heterocycles. The molecule has 1 rings (SSSR count). The molecule has 0 radical (unpaired) electrons. The lowest BCUT2D eigenvalue weighted by atomic mass is 10.3. The van der Waals surface area contributed by atoms with Gasteiger partial charge in [0.15, 0.2) is 0 Å². The summed E-state index contributed by atoms with van der Waals surface area (Å²) < 4.78 is 30.3. The van der Waals surface area contributed by atoms with Crippen molar-refractivity contribution < 1.29 is 17.9 Å². The minimum Gasteiger partial charge on any atom is -0.495 e. The fourth-order valence-electron chi connectivity index (χ4n) is 1.14. The number of ether oxygens (including phenoxy) is 1. The summed E-state index contributed by atoms with van der Waals surface area (Å²) >= 11 is 0. The second kappa shape index (κ2) is 5.05. The summed E-state index contributed by atoms with van der Waals surface area (Å²) in [6.45, 7) is 1.56. The van der Waals surface area contributed by atoms with Crippen molar-refractivity contribution in [2.45, 2.75) is 18.2 Å². The molecule has 6 nitrogen and oxygen atoms in total. The SMILES string of the molecule is CCC(=O)NS(=O)(=O)c1ccc(N)c(OC)c1. The Morgan fingerprint density at radius 2 is 2.12 bits per heavy atom. The largest absolute Gasteiger partial charge is 0.495 e. The second-order valence-corrected chi connectivity index (χ2v) is 4.97. The van der Waals surface area contributed by atoms with E-state index in [1.165, 1.54) is 25.3 Å². The molecular weight excluding hydrogens is 244 g/mol. The van der Waals surface area contributed by atoms with Gasteiger partial charge in [0.1, 0.15) is 5.75 Å². The van der Waals surface area contributed by atoms with Crippen LogP contribution in [0.2, 0.25) is 0 Å². The molecule has 0 atom stereocenters. The molecule has 0 heterocycles. The van der Waals surface area contributed by atoms with Crippen LogP contribution in [0.15, 0.2) is 23.1 Å². The maximum Gasteiger partial charge on any atom is 0.264 e. The number of methoxy groups -OCH3 is 1. The smallest absolute Gasteiger partial charge is 0.264 e. The number of anilines is 1. The highest BCUT2D eigenvalue weighted by molar-refractivity contribution is 7.90. The molecule has 0 aromatic heterocycles. The van der Waals surface area contributed by atoms with E-state index in [4.69, 9.17) is 10.5 Å². The van der Waals surface area contributed by atoms with Crippen molar-refractivity contribution >= 4 is 21.6 Å². The van der Waals surface area contributed by atoms with Crippen molar-refractivity contribution in [3.8, 4) is 5.75 Å². The first-order valence-corrected chi connectivity index (χ1v) is 6.38. The summed E-state index contributed by atoms with van der Waals surface area (Å²) in [6, 6.07) is 3.98. The fourth-order valence-corrected chi connectivity index (χ4v) is 2.21. The number of carbonyl (C=O) groups is 1. The van der Waals surface area contributed by atoms with E-state index in [1.54, 1.807) is 6.92 Å². The number of benzene rings is 1. The van der Waals surface area contributed by atoms with Gasteiger partial charge in [-0.1, -0.05) is 6.92 Å². The summed E-state index contributed by atoms with van der Waals surface area (Å²) in [4.78, 5) is 11.0. The quantitative estimate of drug-likeness (QED) is 0.766. The zero-order chi connectivity index (χ0) is 13.1. The number of rotatable bonds is 4. The van der Waals surface area contributed by atoms with Crippen molar-refractivity contribution in [3.63, 3.8) is 0 Å². The van der Waals surface area contributed by atoms with Gasteiger partial charge in [-0.2, -0.15) is 0 Å². The van der Waals surface area contributed by atoms with Crippen molar-refractivity contribution in [1.29, 1.82) is 0 Å². The summed E-state index contributed by atoms with van der Waals surface area (Å²) in [5.74, 6) is -0.322. The van der Waals surface area contributed by atoms with Crippen LogP contribution in [0.1, 0.15) is 13.3 Å². The molecule has 94 valence electrons. The predicted molar refractivity (Wildman–Crippen MR) is 63.0 cm³/mol. The van der Waals surface area contributed by atoms with Gasteiger partial charge in [0.05, 0.1) is 17.7 Å². The van der Waals surface area contributed by atoms with Crippen LogP contribution in [0.4, 0.5) is 5.69 Å². The van der Waals surface area contributed by atoms with Crippen molar-refractivity contribution in [3.05, 3.63) is 18.2 Å². The number of nitrogens with two attached hydrogens (primary N) is 1. The standard InChI is InChI=1S/C10H14N2O4S/c1-3-10(13)12-17(14,15)7-4-5-8(11)9(6-7)16-2/h4-6H,3,11H2,1-2H3,(H,12,13). The molecule has 0 fully saturated rings. The highest BCUT2D eigenvalue weighted by atomic mass is 32.2. The van der Waals surface area contributed by atoms with E-state index in [9.17, 15) is 13.2 Å². The van der Waals surface area contributed by atoms with Crippen LogP contribution in [0.5, 0.6) is 5.75 Å². The van der Waals surface area contributed by atoms with E-state index in [1.807, 2.05) is 4.72 Å². The van der Waals surface area contributed by atoms with Crippen LogP contribution < -0.4 is 15.2 Å². The van der Waals surface area contributed by atoms with Crippen molar-refractivity contribution in [1.82, 2.24) is 4.72 Å². The number of hydrogen-bond donors (Lipinski definition) is 2. The first-order chi connectivity index (χ1) is 7.90. The van der Waals surface area contributed by atoms with E-state index < -0.39 is 15.9 Å². The van der Waals surface area contributed by atoms with Crippen molar-refractivity contribution in [2.24, 2.45) is 0 Å². The van der Waals surface area contributed by atoms with Gasteiger partial charge in [-0.25, -0.2) is 13.1 Å². The van der Waals surface area contributed by atoms with Gasteiger partial charge < -0.3 is 10.5 Å². The molecule has 17 heavy (non-hydrogen) atoms. The van der Waals surface area contributed by atoms with Gasteiger partial charge in [0.25, 0.3) is 10.0 Å². The van der Waals surface area contributed by atoms with Crippen LogP contribution in [-0.4, -0.2) is 21.4 Å². The van der Waals surface area contributed by atoms with Crippen molar-refractivity contribution in [2.75, 3.05) is 12.8 Å². The van der Waals surface area contributed by atoms with Crippen LogP contribution in [-0.2, 0) is 14.8 Å². The Kier molecular flexibility index (Phi) is 3.95. The Balaban J connectivity index is 3.11. The summed E-state index contributed by atoms with van der Waals surface area (Å²) in [5.41, 5.74) is 5.89. The van der Waals surface area contributed by atoms with Crippen LogP contribution in [0, 0.1) is 0 Å². The van der Waals surface area contributed by atoms with E-state index in [-0.39, 0.29) is 17.1 Å². The lowest BCUT2D eigenvalue weighted by Crippen LogP contribution is -2.29. The van der Waals surface area contributed by atoms with E-state index in [0.29, 0.717) is 5.69 Å². The topological polar surface area (TPSA) is 98.5 Å². The average molecular weight is 258 g/mol. The Morgan fingerprint density at radius 3 is 2.65 bits per heavy atom. The molecule has 1 amide bonds. The number of sulfonamides is 1. The molecule has 1 aromatic rings. The van der Waals surface area contributed by atoms with Crippen LogP contribution >= 0.6 is 0 Å². The summed E-state index contributed by atoms with van der Waals surface area (Å²) in [7, 11) is -2.47. The van der Waals surface area contributed by atoms with Gasteiger partial charge in [-0.05, 0) is 12.1 Å². The van der Waals surface area contributed by atoms with E-state index in [0.717, 1.165) is 0 Å². The zero-order valence-electron chi connectivity index (χ0n) is 9.56. The molecular formula is C10H14N2O4S. The van der Waals surface area contributed by atoms with Gasteiger partial charge in [0, 0.05) is 12.5 Å². The first kappa shape index (κ1) is 13.3. The first-order valence-electron chi connectivity index (χ1n) is 4.90. The summed E-state index contributed by atoms with van der Waals surface area (Å²) in [6.07, 6.45) is 0.0886. The van der Waals surface area contributed by atoms with Crippen LogP contribution in [0.25, 0.3) is 0 Å². The minimum absolute atomic E-state index is 0.0645. The minimum atomic E-state index is -3.86. The van der Waals surface area contributed by atoms with E-state index >= 15 is 0 Å². The molecule has 7 heteroatoms. The Bertz CT molecular complexity index is 525. The third-order valence-electron chi connectivity index (χ3n) is 2.08. The fraction of sp³-hybridized carbons (Fsp3) is 0.300. The predicted octanol–water partition coefficient (Wildman–Crippen LogP) is 0.492. The molecule has 1 aromatic carbocycles. The number of nitrogens with one attached hydrogen (secondary N) is 1.